The van der Waals surface area contributed by atoms with Crippen molar-refractivity contribution in [1.29, 1.82) is 0 Å². The molecule has 2 aromatic carbocycles. The molecule has 1 aromatic heterocycles. The van der Waals surface area contributed by atoms with E-state index in [2.05, 4.69) is 9.88 Å². The Morgan fingerprint density at radius 2 is 1.84 bits per heavy atom. The van der Waals surface area contributed by atoms with Gasteiger partial charge in [-0.1, -0.05) is 24.3 Å². The molecule has 4 heterocycles. The summed E-state index contributed by atoms with van der Waals surface area (Å²) in [4.78, 5) is 22.1. The average molecular weight is 429 g/mol. The van der Waals surface area contributed by atoms with Crippen LogP contribution in [0.4, 0.5) is 5.69 Å². The lowest BCUT2D eigenvalue weighted by molar-refractivity contribution is -0.123. The first kappa shape index (κ1) is 19.1. The van der Waals surface area contributed by atoms with Gasteiger partial charge in [0.1, 0.15) is 11.9 Å². The monoisotopic (exact) mass is 429 g/mol. The first-order valence-electron chi connectivity index (χ1n) is 10.8. The van der Waals surface area contributed by atoms with Crippen molar-refractivity contribution in [3.05, 3.63) is 78.1 Å². The average Bonchev–Trinajstić information content (AvgIpc) is 3.45. The molecule has 0 aliphatic carbocycles. The molecule has 0 radical (unpaired) electrons. The molecule has 3 aliphatic rings. The number of pyridine rings is 1. The van der Waals surface area contributed by atoms with Gasteiger partial charge in [-0.05, 0) is 41.5 Å². The number of rotatable bonds is 4. The molecule has 1 saturated heterocycles. The highest BCUT2D eigenvalue weighted by atomic mass is 16.7. The van der Waals surface area contributed by atoms with E-state index in [1.807, 2.05) is 59.5 Å². The van der Waals surface area contributed by atoms with Crippen molar-refractivity contribution in [1.82, 2.24) is 9.88 Å². The smallest absolute Gasteiger partial charge is 0.244 e. The van der Waals surface area contributed by atoms with Crippen LogP contribution in [0.2, 0.25) is 0 Å². The minimum absolute atomic E-state index is 0.0281. The van der Waals surface area contributed by atoms with Crippen LogP contribution < -0.4 is 19.1 Å². The molecule has 7 nitrogen and oxygen atoms in total. The fraction of sp³-hybridized carbons (Fsp3) is 0.280. The Hall–Kier alpha value is -3.58. The summed E-state index contributed by atoms with van der Waals surface area (Å²) in [6, 6.07) is 17.4. The fourth-order valence-electron chi connectivity index (χ4n) is 4.75. The maximum absolute atomic E-state index is 13.9. The molecule has 1 fully saturated rings. The number of hydrogen-bond acceptors (Lipinski definition) is 6. The lowest BCUT2D eigenvalue weighted by Crippen LogP contribution is -2.45. The SMILES string of the molecule is O=C1C2CC(CN2Cc2ccc3c(c2)OCO3)Oc2ccccc2N1Cc1cccnc1. The second-order valence-corrected chi connectivity index (χ2v) is 8.36. The van der Waals surface area contributed by atoms with Gasteiger partial charge < -0.3 is 19.1 Å². The summed E-state index contributed by atoms with van der Waals surface area (Å²) < 4.78 is 17.3. The highest BCUT2D eigenvalue weighted by Crippen LogP contribution is 2.38. The summed E-state index contributed by atoms with van der Waals surface area (Å²) in [5.41, 5.74) is 2.87. The molecule has 0 spiro atoms. The third kappa shape index (κ3) is 3.44. The molecule has 162 valence electrons. The van der Waals surface area contributed by atoms with E-state index in [0.717, 1.165) is 34.1 Å². The summed E-state index contributed by atoms with van der Waals surface area (Å²) in [6.07, 6.45) is 4.18. The lowest BCUT2D eigenvalue weighted by Gasteiger charge is -2.32. The highest BCUT2D eigenvalue weighted by Gasteiger charge is 2.42. The van der Waals surface area contributed by atoms with Gasteiger partial charge in [-0.3, -0.25) is 14.7 Å². The molecule has 0 N–H and O–H groups in total. The van der Waals surface area contributed by atoms with Gasteiger partial charge in [0.25, 0.3) is 0 Å². The number of aromatic nitrogens is 1. The minimum Gasteiger partial charge on any atom is -0.487 e. The van der Waals surface area contributed by atoms with E-state index in [1.54, 1.807) is 12.4 Å². The molecule has 2 unspecified atom stereocenters. The normalized spacial score (nSPS) is 21.6. The van der Waals surface area contributed by atoms with Crippen LogP contribution in [0.3, 0.4) is 0 Å². The van der Waals surface area contributed by atoms with Crippen LogP contribution in [0.5, 0.6) is 17.2 Å². The Kier molecular flexibility index (Phi) is 4.69. The number of nitrogens with zero attached hydrogens (tertiary/aromatic N) is 3. The maximum Gasteiger partial charge on any atom is 0.244 e. The Balaban J connectivity index is 1.32. The molecule has 3 aromatic rings. The van der Waals surface area contributed by atoms with Crippen molar-refractivity contribution in [3.63, 3.8) is 0 Å². The van der Waals surface area contributed by atoms with Crippen LogP contribution in [0.1, 0.15) is 17.5 Å². The molecule has 7 heteroatoms. The quantitative estimate of drug-likeness (QED) is 0.634. The molecule has 2 bridgehead atoms. The number of hydrogen-bond donors (Lipinski definition) is 0. The second-order valence-electron chi connectivity index (χ2n) is 8.36. The van der Waals surface area contributed by atoms with Crippen molar-refractivity contribution < 1.29 is 19.0 Å². The van der Waals surface area contributed by atoms with E-state index in [-0.39, 0.29) is 24.8 Å². The van der Waals surface area contributed by atoms with Crippen LogP contribution in [-0.4, -0.2) is 41.3 Å². The molecular formula is C25H23N3O4. The zero-order valence-electron chi connectivity index (χ0n) is 17.5. The number of para-hydroxylation sites is 2. The second kappa shape index (κ2) is 7.84. The van der Waals surface area contributed by atoms with Crippen molar-refractivity contribution in [2.45, 2.75) is 31.7 Å². The van der Waals surface area contributed by atoms with Crippen LogP contribution in [-0.2, 0) is 17.9 Å². The predicted octanol–water partition coefficient (Wildman–Crippen LogP) is 3.38. The number of fused-ring (bicyclic) bond motifs is 4. The third-order valence-electron chi connectivity index (χ3n) is 6.25. The predicted molar refractivity (Wildman–Crippen MR) is 118 cm³/mol. The Morgan fingerprint density at radius 1 is 0.938 bits per heavy atom. The summed E-state index contributed by atoms with van der Waals surface area (Å²) in [7, 11) is 0. The van der Waals surface area contributed by atoms with Gasteiger partial charge in [-0.2, -0.15) is 0 Å². The van der Waals surface area contributed by atoms with Gasteiger partial charge in [0.05, 0.1) is 18.3 Å². The molecular weight excluding hydrogens is 406 g/mol. The van der Waals surface area contributed by atoms with Gasteiger partial charge in [-0.15, -0.1) is 0 Å². The lowest BCUT2D eigenvalue weighted by atomic mass is 10.1. The summed E-state index contributed by atoms with van der Waals surface area (Å²) in [6.45, 7) is 2.04. The Bertz CT molecular complexity index is 1150. The van der Waals surface area contributed by atoms with Gasteiger partial charge in [0.15, 0.2) is 11.5 Å². The van der Waals surface area contributed by atoms with E-state index in [1.165, 1.54) is 0 Å². The number of anilines is 1. The zero-order chi connectivity index (χ0) is 21.5. The van der Waals surface area contributed by atoms with Crippen LogP contribution in [0.15, 0.2) is 67.0 Å². The summed E-state index contributed by atoms with van der Waals surface area (Å²) >= 11 is 0. The van der Waals surface area contributed by atoms with E-state index in [4.69, 9.17) is 14.2 Å². The van der Waals surface area contributed by atoms with Crippen molar-refractivity contribution in [3.8, 4) is 17.2 Å². The number of ether oxygens (including phenoxy) is 3. The zero-order valence-corrected chi connectivity index (χ0v) is 17.5. The summed E-state index contributed by atoms with van der Waals surface area (Å²) in [5.74, 6) is 2.36. The van der Waals surface area contributed by atoms with Crippen molar-refractivity contribution in [2.75, 3.05) is 18.2 Å². The van der Waals surface area contributed by atoms with Gasteiger partial charge >= 0.3 is 0 Å². The topological polar surface area (TPSA) is 64.1 Å². The third-order valence-corrected chi connectivity index (χ3v) is 6.25. The van der Waals surface area contributed by atoms with E-state index in [0.29, 0.717) is 26.1 Å². The van der Waals surface area contributed by atoms with Gasteiger partial charge in [0.2, 0.25) is 12.7 Å². The largest absolute Gasteiger partial charge is 0.487 e. The van der Waals surface area contributed by atoms with Crippen LogP contribution in [0, 0.1) is 0 Å². The summed E-state index contributed by atoms with van der Waals surface area (Å²) in [5, 5.41) is 0. The molecule has 1 amide bonds. The molecule has 2 atom stereocenters. The minimum atomic E-state index is -0.254. The molecule has 3 aliphatic heterocycles. The first-order valence-corrected chi connectivity index (χ1v) is 10.8. The maximum atomic E-state index is 13.9. The molecule has 32 heavy (non-hydrogen) atoms. The van der Waals surface area contributed by atoms with Crippen LogP contribution in [0.25, 0.3) is 0 Å². The van der Waals surface area contributed by atoms with Gasteiger partial charge in [-0.25, -0.2) is 0 Å². The van der Waals surface area contributed by atoms with E-state index >= 15 is 0 Å². The fourth-order valence-corrected chi connectivity index (χ4v) is 4.75. The molecule has 6 rings (SSSR count). The highest BCUT2D eigenvalue weighted by molar-refractivity contribution is 5.99. The van der Waals surface area contributed by atoms with Gasteiger partial charge in [0, 0.05) is 31.9 Å². The standard InChI is InChI=1S/C25H23N3O4/c29-25-21-11-19(15-27(21)13-17-7-8-23-24(10-17)31-16-30-23)32-22-6-2-1-5-20(22)28(25)14-18-4-3-9-26-12-18/h1-10,12,19,21H,11,13-16H2. The molecule has 0 saturated carbocycles. The Morgan fingerprint density at radius 3 is 2.75 bits per heavy atom. The number of amides is 1. The van der Waals surface area contributed by atoms with E-state index in [9.17, 15) is 4.79 Å². The van der Waals surface area contributed by atoms with Crippen LogP contribution >= 0.6 is 0 Å². The first-order chi connectivity index (χ1) is 15.7. The Labute approximate surface area is 186 Å². The van der Waals surface area contributed by atoms with Crippen molar-refractivity contribution in [2.24, 2.45) is 0 Å². The van der Waals surface area contributed by atoms with Crippen molar-refractivity contribution >= 4 is 11.6 Å². The van der Waals surface area contributed by atoms with E-state index < -0.39 is 0 Å². The number of benzene rings is 2. The number of likely N-dealkylation sites (tertiary alicyclic amines) is 1. The number of carbonyl (C=O) groups is 1. The number of carbonyl (C=O) groups excluding carboxylic acids is 1.